The van der Waals surface area contributed by atoms with Gasteiger partial charge >= 0.3 is 5.97 Å². The van der Waals surface area contributed by atoms with E-state index in [0.29, 0.717) is 12.5 Å². The number of nitrogens with zero attached hydrogens (tertiary/aromatic N) is 2. The van der Waals surface area contributed by atoms with Gasteiger partial charge in [-0.05, 0) is 39.2 Å². The van der Waals surface area contributed by atoms with E-state index in [-0.39, 0.29) is 12.5 Å². The molecule has 1 aliphatic heterocycles. The molecule has 1 aliphatic carbocycles. The van der Waals surface area contributed by atoms with Gasteiger partial charge in [-0.15, -0.1) is 0 Å². The lowest BCUT2D eigenvalue weighted by Crippen LogP contribution is -2.48. The fourth-order valence-electron chi connectivity index (χ4n) is 3.59. The lowest BCUT2D eigenvalue weighted by Gasteiger charge is -2.35. The topological polar surface area (TPSA) is 60.9 Å². The van der Waals surface area contributed by atoms with Crippen molar-refractivity contribution in [2.45, 2.75) is 64.0 Å². The molecule has 1 amide bonds. The molecule has 1 N–H and O–H groups in total. The average Bonchev–Trinajstić information content (AvgIpc) is 2.89. The summed E-state index contributed by atoms with van der Waals surface area (Å²) in [4.78, 5) is 27.5. The lowest BCUT2D eigenvalue weighted by molar-refractivity contribution is -0.143. The van der Waals surface area contributed by atoms with Gasteiger partial charge in [-0.2, -0.15) is 0 Å². The molecule has 2 aliphatic rings. The number of hydrogen-bond donors (Lipinski definition) is 1. The van der Waals surface area contributed by atoms with E-state index in [1.807, 2.05) is 16.7 Å². The first-order valence-corrected chi connectivity index (χ1v) is 7.89. The van der Waals surface area contributed by atoms with Crippen molar-refractivity contribution >= 4 is 11.9 Å². The van der Waals surface area contributed by atoms with Gasteiger partial charge in [0.05, 0.1) is 6.54 Å². The van der Waals surface area contributed by atoms with Crippen LogP contribution in [0, 0.1) is 0 Å². The molecule has 5 nitrogen and oxygen atoms in total. The van der Waals surface area contributed by atoms with E-state index in [2.05, 4.69) is 0 Å². The van der Waals surface area contributed by atoms with Crippen LogP contribution in [0.15, 0.2) is 0 Å². The van der Waals surface area contributed by atoms with Crippen molar-refractivity contribution < 1.29 is 14.7 Å². The Balaban J connectivity index is 1.93. The molecule has 0 bridgehead atoms. The molecule has 20 heavy (non-hydrogen) atoms. The largest absolute Gasteiger partial charge is 0.480 e. The molecule has 0 unspecified atom stereocenters. The van der Waals surface area contributed by atoms with Gasteiger partial charge in [0.2, 0.25) is 5.91 Å². The van der Waals surface area contributed by atoms with E-state index in [0.717, 1.165) is 32.4 Å². The van der Waals surface area contributed by atoms with Crippen molar-refractivity contribution in [2.75, 3.05) is 19.6 Å². The molecule has 0 aromatic heterocycles. The predicted molar refractivity (Wildman–Crippen MR) is 76.5 cm³/mol. The van der Waals surface area contributed by atoms with Crippen molar-refractivity contribution in [1.82, 2.24) is 9.80 Å². The SMILES string of the molecule is CCN(C(=O)CN1CCC[C@H]1C(=O)O)C1CCCCC1. The van der Waals surface area contributed by atoms with Crippen LogP contribution >= 0.6 is 0 Å². The molecular weight excluding hydrogens is 256 g/mol. The fourth-order valence-corrected chi connectivity index (χ4v) is 3.59. The van der Waals surface area contributed by atoms with Gasteiger partial charge in [0, 0.05) is 12.6 Å². The fraction of sp³-hybridized carbons (Fsp3) is 0.867. The Kier molecular flexibility index (Phi) is 5.40. The molecule has 0 radical (unpaired) electrons. The summed E-state index contributed by atoms with van der Waals surface area (Å²) >= 11 is 0. The molecule has 0 aromatic carbocycles. The Hall–Kier alpha value is -1.10. The molecular formula is C15H26N2O3. The number of carbonyl (C=O) groups is 2. The summed E-state index contributed by atoms with van der Waals surface area (Å²) in [5.74, 6) is -0.691. The highest BCUT2D eigenvalue weighted by Crippen LogP contribution is 2.23. The first kappa shape index (κ1) is 15.3. The van der Waals surface area contributed by atoms with Crippen LogP contribution < -0.4 is 0 Å². The number of likely N-dealkylation sites (N-methyl/N-ethyl adjacent to an activating group) is 1. The van der Waals surface area contributed by atoms with Crippen LogP contribution in [0.4, 0.5) is 0 Å². The Morgan fingerprint density at radius 1 is 1.15 bits per heavy atom. The summed E-state index contributed by atoms with van der Waals surface area (Å²) in [5.41, 5.74) is 0. The van der Waals surface area contributed by atoms with Gasteiger partial charge in [-0.1, -0.05) is 19.3 Å². The summed E-state index contributed by atoms with van der Waals surface area (Å²) in [6, 6.07) is -0.101. The summed E-state index contributed by atoms with van der Waals surface area (Å²) < 4.78 is 0. The third kappa shape index (κ3) is 3.51. The number of amides is 1. The van der Waals surface area contributed by atoms with Gasteiger partial charge in [0.15, 0.2) is 0 Å². The zero-order chi connectivity index (χ0) is 14.5. The quantitative estimate of drug-likeness (QED) is 0.834. The van der Waals surface area contributed by atoms with Crippen LogP contribution in [0.25, 0.3) is 0 Å². The molecule has 1 atom stereocenters. The molecule has 2 rings (SSSR count). The summed E-state index contributed by atoms with van der Waals surface area (Å²) in [5, 5.41) is 9.17. The second-order valence-corrected chi connectivity index (χ2v) is 5.94. The standard InChI is InChI=1S/C15H26N2O3/c1-2-17(12-7-4-3-5-8-12)14(18)11-16-10-6-9-13(16)15(19)20/h12-13H,2-11H2,1H3,(H,19,20)/t13-/m0/s1. The Labute approximate surface area is 120 Å². The van der Waals surface area contributed by atoms with Crippen LogP contribution in [0.2, 0.25) is 0 Å². The van der Waals surface area contributed by atoms with E-state index < -0.39 is 12.0 Å². The van der Waals surface area contributed by atoms with E-state index in [9.17, 15) is 14.7 Å². The first-order valence-electron chi connectivity index (χ1n) is 7.89. The number of carboxylic acid groups (broad SMARTS) is 1. The summed E-state index contributed by atoms with van der Waals surface area (Å²) in [6.45, 7) is 3.74. The Morgan fingerprint density at radius 3 is 2.45 bits per heavy atom. The van der Waals surface area contributed by atoms with Crippen molar-refractivity contribution in [3.05, 3.63) is 0 Å². The van der Waals surface area contributed by atoms with E-state index in [1.165, 1.54) is 19.3 Å². The highest BCUT2D eigenvalue weighted by Gasteiger charge is 2.33. The monoisotopic (exact) mass is 282 g/mol. The van der Waals surface area contributed by atoms with Gasteiger partial charge in [0.1, 0.15) is 6.04 Å². The number of hydrogen-bond acceptors (Lipinski definition) is 3. The maximum atomic E-state index is 12.5. The number of aliphatic carboxylic acids is 1. The first-order chi connectivity index (χ1) is 9.63. The molecule has 0 aromatic rings. The maximum Gasteiger partial charge on any atom is 0.320 e. The number of carboxylic acids is 1. The maximum absolute atomic E-state index is 12.5. The predicted octanol–water partition coefficient (Wildman–Crippen LogP) is 1.72. The minimum absolute atomic E-state index is 0.104. The van der Waals surface area contributed by atoms with E-state index in [1.54, 1.807) is 0 Å². The van der Waals surface area contributed by atoms with Crippen molar-refractivity contribution in [2.24, 2.45) is 0 Å². The van der Waals surface area contributed by atoms with Crippen LogP contribution in [-0.2, 0) is 9.59 Å². The second-order valence-electron chi connectivity index (χ2n) is 5.94. The number of likely N-dealkylation sites (tertiary alicyclic amines) is 1. The minimum atomic E-state index is -0.795. The normalized spacial score (nSPS) is 24.8. The van der Waals surface area contributed by atoms with Crippen LogP contribution in [-0.4, -0.2) is 58.5 Å². The third-order valence-corrected chi connectivity index (χ3v) is 4.66. The number of rotatable bonds is 5. The summed E-state index contributed by atoms with van der Waals surface area (Å²) in [7, 11) is 0. The van der Waals surface area contributed by atoms with Crippen LogP contribution in [0.3, 0.4) is 0 Å². The molecule has 1 heterocycles. The molecule has 5 heteroatoms. The zero-order valence-electron chi connectivity index (χ0n) is 12.4. The summed E-state index contributed by atoms with van der Waals surface area (Å²) in [6.07, 6.45) is 7.42. The second kappa shape index (κ2) is 7.07. The third-order valence-electron chi connectivity index (χ3n) is 4.66. The molecule has 2 fully saturated rings. The van der Waals surface area contributed by atoms with Gasteiger partial charge in [-0.25, -0.2) is 0 Å². The van der Waals surface area contributed by atoms with Crippen LogP contribution in [0.5, 0.6) is 0 Å². The van der Waals surface area contributed by atoms with E-state index in [4.69, 9.17) is 0 Å². The molecule has 114 valence electrons. The zero-order valence-corrected chi connectivity index (χ0v) is 12.4. The smallest absolute Gasteiger partial charge is 0.320 e. The molecule has 1 saturated carbocycles. The number of carbonyl (C=O) groups excluding carboxylic acids is 1. The van der Waals surface area contributed by atoms with Gasteiger partial charge < -0.3 is 10.0 Å². The van der Waals surface area contributed by atoms with E-state index >= 15 is 0 Å². The highest BCUT2D eigenvalue weighted by molar-refractivity contribution is 5.80. The Bertz CT molecular complexity index is 353. The van der Waals surface area contributed by atoms with Crippen molar-refractivity contribution in [1.29, 1.82) is 0 Å². The van der Waals surface area contributed by atoms with Crippen molar-refractivity contribution in [3.63, 3.8) is 0 Å². The minimum Gasteiger partial charge on any atom is -0.480 e. The van der Waals surface area contributed by atoms with Gasteiger partial charge in [-0.3, -0.25) is 14.5 Å². The highest BCUT2D eigenvalue weighted by atomic mass is 16.4. The van der Waals surface area contributed by atoms with Crippen molar-refractivity contribution in [3.8, 4) is 0 Å². The van der Waals surface area contributed by atoms with Gasteiger partial charge in [0.25, 0.3) is 0 Å². The average molecular weight is 282 g/mol. The Morgan fingerprint density at radius 2 is 1.85 bits per heavy atom. The van der Waals surface area contributed by atoms with Crippen LogP contribution in [0.1, 0.15) is 51.9 Å². The molecule has 1 saturated heterocycles. The lowest BCUT2D eigenvalue weighted by atomic mass is 9.94. The molecule has 0 spiro atoms.